The molecule has 1 N–H and O–H groups in total. The van der Waals surface area contributed by atoms with E-state index in [1.807, 2.05) is 28.2 Å². The Morgan fingerprint density at radius 1 is 0.852 bits per heavy atom. The largest absolute Gasteiger partial charge is 0.393 e. The molecule has 144 valence electrons. The number of carbonyl (C=O) groups excluding carboxylic acids is 1. The molecule has 2 aromatic carbocycles. The molecule has 0 aliphatic heterocycles. The standard InChI is InChI=1S/C23H30N2O2/c1-24(2)18-9-5-16(6-10-18)23(21-15-20(26)13-14-22(21)27)17-7-11-19(12-8-17)25(3)4/h5-12,20-21,23,26H,13-15H2,1-4H3/t20-,21+/m0/s1. The summed E-state index contributed by atoms with van der Waals surface area (Å²) in [6.07, 6.45) is 1.20. The van der Waals surface area contributed by atoms with Crippen LogP contribution in [-0.2, 0) is 4.79 Å². The molecule has 1 fully saturated rings. The van der Waals surface area contributed by atoms with E-state index < -0.39 is 6.10 Å². The van der Waals surface area contributed by atoms with E-state index >= 15 is 0 Å². The zero-order valence-corrected chi connectivity index (χ0v) is 16.7. The molecule has 0 saturated heterocycles. The van der Waals surface area contributed by atoms with E-state index in [1.54, 1.807) is 0 Å². The summed E-state index contributed by atoms with van der Waals surface area (Å²) in [6.45, 7) is 0. The minimum Gasteiger partial charge on any atom is -0.393 e. The van der Waals surface area contributed by atoms with Gasteiger partial charge in [-0.1, -0.05) is 24.3 Å². The highest BCUT2D eigenvalue weighted by atomic mass is 16.3. The van der Waals surface area contributed by atoms with Crippen molar-refractivity contribution in [1.82, 2.24) is 0 Å². The second-order valence-electron chi connectivity index (χ2n) is 7.95. The highest BCUT2D eigenvalue weighted by Gasteiger charge is 2.35. The third-order valence-electron chi connectivity index (χ3n) is 5.60. The molecular weight excluding hydrogens is 336 g/mol. The van der Waals surface area contributed by atoms with Crippen molar-refractivity contribution in [3.8, 4) is 0 Å². The van der Waals surface area contributed by atoms with Gasteiger partial charge >= 0.3 is 0 Å². The van der Waals surface area contributed by atoms with Crippen molar-refractivity contribution in [2.45, 2.75) is 31.3 Å². The highest BCUT2D eigenvalue weighted by molar-refractivity contribution is 5.83. The maximum atomic E-state index is 12.8. The first-order chi connectivity index (χ1) is 12.9. The Morgan fingerprint density at radius 3 is 1.70 bits per heavy atom. The van der Waals surface area contributed by atoms with Crippen LogP contribution in [0.4, 0.5) is 11.4 Å². The number of rotatable bonds is 5. The number of aliphatic hydroxyl groups is 1. The van der Waals surface area contributed by atoms with Gasteiger partial charge in [0.2, 0.25) is 0 Å². The van der Waals surface area contributed by atoms with E-state index in [0.717, 1.165) is 22.5 Å². The molecule has 0 bridgehead atoms. The number of nitrogens with zero attached hydrogens (tertiary/aromatic N) is 2. The maximum Gasteiger partial charge on any atom is 0.137 e. The van der Waals surface area contributed by atoms with Crippen LogP contribution in [0, 0.1) is 5.92 Å². The molecule has 0 amide bonds. The molecule has 2 atom stereocenters. The third kappa shape index (κ3) is 4.33. The fourth-order valence-electron chi connectivity index (χ4n) is 3.98. The monoisotopic (exact) mass is 366 g/mol. The first kappa shape index (κ1) is 19.4. The average molecular weight is 367 g/mol. The van der Waals surface area contributed by atoms with Crippen LogP contribution < -0.4 is 9.80 Å². The molecule has 27 heavy (non-hydrogen) atoms. The van der Waals surface area contributed by atoms with Gasteiger partial charge in [0.15, 0.2) is 0 Å². The van der Waals surface area contributed by atoms with Crippen LogP contribution in [0.25, 0.3) is 0 Å². The SMILES string of the molecule is CN(C)c1ccc(C(c2ccc(N(C)C)cc2)[C@@H]2C[C@@H](O)CCC2=O)cc1. The van der Waals surface area contributed by atoms with Crippen molar-refractivity contribution in [2.24, 2.45) is 5.92 Å². The van der Waals surface area contributed by atoms with Crippen molar-refractivity contribution < 1.29 is 9.90 Å². The van der Waals surface area contributed by atoms with Gasteiger partial charge < -0.3 is 14.9 Å². The number of hydrogen-bond acceptors (Lipinski definition) is 4. The molecule has 0 radical (unpaired) electrons. The van der Waals surface area contributed by atoms with E-state index in [1.165, 1.54) is 0 Å². The lowest BCUT2D eigenvalue weighted by Gasteiger charge is -2.32. The summed E-state index contributed by atoms with van der Waals surface area (Å²) in [5, 5.41) is 10.2. The van der Waals surface area contributed by atoms with Crippen molar-refractivity contribution in [1.29, 1.82) is 0 Å². The number of carbonyl (C=O) groups is 1. The van der Waals surface area contributed by atoms with Crippen LogP contribution in [-0.4, -0.2) is 45.2 Å². The van der Waals surface area contributed by atoms with Crippen LogP contribution in [0.15, 0.2) is 48.5 Å². The quantitative estimate of drug-likeness (QED) is 0.877. The molecule has 2 aromatic rings. The number of aliphatic hydroxyl groups excluding tert-OH is 1. The summed E-state index contributed by atoms with van der Waals surface area (Å²) >= 11 is 0. The predicted molar refractivity (Wildman–Crippen MR) is 112 cm³/mol. The molecule has 0 spiro atoms. The van der Waals surface area contributed by atoms with E-state index in [-0.39, 0.29) is 17.6 Å². The average Bonchev–Trinajstić information content (AvgIpc) is 2.65. The zero-order valence-electron chi connectivity index (χ0n) is 16.7. The van der Waals surface area contributed by atoms with E-state index in [2.05, 4.69) is 58.3 Å². The van der Waals surface area contributed by atoms with Crippen molar-refractivity contribution in [3.05, 3.63) is 59.7 Å². The highest BCUT2D eigenvalue weighted by Crippen LogP contribution is 2.39. The van der Waals surface area contributed by atoms with Gasteiger partial charge in [0.1, 0.15) is 5.78 Å². The van der Waals surface area contributed by atoms with Crippen LogP contribution in [0.2, 0.25) is 0 Å². The Labute approximate surface area is 162 Å². The number of Topliss-reactive ketones (excluding diaryl/α,β-unsaturated/α-hetero) is 1. The van der Waals surface area contributed by atoms with Crippen molar-refractivity contribution in [3.63, 3.8) is 0 Å². The zero-order chi connectivity index (χ0) is 19.6. The fourth-order valence-corrected chi connectivity index (χ4v) is 3.98. The van der Waals surface area contributed by atoms with Gasteiger partial charge in [0.05, 0.1) is 6.10 Å². The Morgan fingerprint density at radius 2 is 1.30 bits per heavy atom. The second kappa shape index (κ2) is 8.13. The molecule has 0 unspecified atom stereocenters. The molecule has 4 nitrogen and oxygen atoms in total. The van der Waals surface area contributed by atoms with Gasteiger partial charge in [0.25, 0.3) is 0 Å². The number of benzene rings is 2. The van der Waals surface area contributed by atoms with Crippen LogP contribution in [0.5, 0.6) is 0 Å². The van der Waals surface area contributed by atoms with E-state index in [0.29, 0.717) is 19.3 Å². The number of ketones is 1. The van der Waals surface area contributed by atoms with E-state index in [4.69, 9.17) is 0 Å². The lowest BCUT2D eigenvalue weighted by atomic mass is 9.72. The molecule has 3 rings (SSSR count). The third-order valence-corrected chi connectivity index (χ3v) is 5.60. The Balaban J connectivity index is 2.01. The normalized spacial score (nSPS) is 20.0. The summed E-state index contributed by atoms with van der Waals surface area (Å²) in [5.41, 5.74) is 4.53. The first-order valence-electron chi connectivity index (χ1n) is 9.62. The minimum atomic E-state index is -0.391. The number of anilines is 2. The fraction of sp³-hybridized carbons (Fsp3) is 0.435. The van der Waals surface area contributed by atoms with Gasteiger partial charge in [0, 0.05) is 57.8 Å². The molecular formula is C23H30N2O2. The molecule has 1 aliphatic carbocycles. The second-order valence-corrected chi connectivity index (χ2v) is 7.95. The minimum absolute atomic E-state index is 0.0279. The Bertz CT molecular complexity index is 714. The van der Waals surface area contributed by atoms with Crippen LogP contribution >= 0.6 is 0 Å². The smallest absolute Gasteiger partial charge is 0.137 e. The topological polar surface area (TPSA) is 43.8 Å². The van der Waals surface area contributed by atoms with Gasteiger partial charge in [-0.2, -0.15) is 0 Å². The van der Waals surface area contributed by atoms with Gasteiger partial charge in [-0.15, -0.1) is 0 Å². The predicted octanol–water partition coefficient (Wildman–Crippen LogP) is 3.68. The summed E-state index contributed by atoms with van der Waals surface area (Å²) < 4.78 is 0. The summed E-state index contributed by atoms with van der Waals surface area (Å²) in [5.74, 6) is 0.0581. The lowest BCUT2D eigenvalue weighted by molar-refractivity contribution is -0.127. The molecule has 1 saturated carbocycles. The number of hydrogen-bond donors (Lipinski definition) is 1. The van der Waals surface area contributed by atoms with Crippen LogP contribution in [0.3, 0.4) is 0 Å². The first-order valence-corrected chi connectivity index (χ1v) is 9.62. The summed E-state index contributed by atoms with van der Waals surface area (Å²) in [6, 6.07) is 16.9. The summed E-state index contributed by atoms with van der Waals surface area (Å²) in [4.78, 5) is 16.9. The maximum absolute atomic E-state index is 12.8. The van der Waals surface area contributed by atoms with Crippen molar-refractivity contribution >= 4 is 17.2 Å². The van der Waals surface area contributed by atoms with E-state index in [9.17, 15) is 9.90 Å². The molecule has 0 heterocycles. The van der Waals surface area contributed by atoms with Gasteiger partial charge in [-0.25, -0.2) is 0 Å². The van der Waals surface area contributed by atoms with Gasteiger partial charge in [-0.3, -0.25) is 4.79 Å². The molecule has 0 aromatic heterocycles. The Kier molecular flexibility index (Phi) is 5.85. The van der Waals surface area contributed by atoms with Gasteiger partial charge in [-0.05, 0) is 48.2 Å². The lowest BCUT2D eigenvalue weighted by Crippen LogP contribution is -2.32. The van der Waals surface area contributed by atoms with Crippen molar-refractivity contribution in [2.75, 3.05) is 38.0 Å². The molecule has 4 heteroatoms. The molecule has 1 aliphatic rings. The summed E-state index contributed by atoms with van der Waals surface area (Å²) in [7, 11) is 8.09. The Hall–Kier alpha value is -2.33. The van der Waals surface area contributed by atoms with Crippen LogP contribution in [0.1, 0.15) is 36.3 Å².